The van der Waals surface area contributed by atoms with Crippen LogP contribution in [-0.2, 0) is 23.8 Å². The van der Waals surface area contributed by atoms with E-state index in [1.54, 1.807) is 6.92 Å². The van der Waals surface area contributed by atoms with Crippen LogP contribution in [0.4, 0.5) is 0 Å². The van der Waals surface area contributed by atoms with Crippen LogP contribution in [-0.4, -0.2) is 52.8 Å². The summed E-state index contributed by atoms with van der Waals surface area (Å²) in [6.07, 6.45) is 0.283. The molecule has 0 N–H and O–H groups in total. The molecular formula is C13H19NO5Se. The number of nitriles is 1. The summed E-state index contributed by atoms with van der Waals surface area (Å²) in [6, 6.07) is 0. The molecule has 0 fully saturated rings. The number of hydrogen-bond acceptors (Lipinski definition) is 6. The fourth-order valence-electron chi connectivity index (χ4n) is 1.08. The van der Waals surface area contributed by atoms with Gasteiger partial charge in [-0.2, -0.15) is 0 Å². The molecule has 20 heavy (non-hydrogen) atoms. The molecule has 0 aromatic heterocycles. The second kappa shape index (κ2) is 11.5. The van der Waals surface area contributed by atoms with Crippen LogP contribution in [0.1, 0.15) is 20.3 Å². The topological polar surface area (TPSA) is 85.6 Å². The van der Waals surface area contributed by atoms with Gasteiger partial charge in [-0.1, -0.05) is 0 Å². The van der Waals surface area contributed by atoms with Crippen molar-refractivity contribution in [1.82, 2.24) is 0 Å². The van der Waals surface area contributed by atoms with Crippen LogP contribution < -0.4 is 0 Å². The van der Waals surface area contributed by atoms with E-state index in [4.69, 9.17) is 19.5 Å². The number of ether oxygens (including phenoxy) is 3. The maximum absolute atomic E-state index is 11.3. The fraction of sp³-hybridized carbons (Fsp3) is 0.615. The Bertz CT molecular complexity index is 377. The second-order valence-corrected chi connectivity index (χ2v) is 5.49. The Hall–Kier alpha value is -1.35. The Morgan fingerprint density at radius 1 is 1.40 bits per heavy atom. The quantitative estimate of drug-likeness (QED) is 0.254. The van der Waals surface area contributed by atoms with Crippen LogP contribution in [0.2, 0.25) is 5.32 Å². The van der Waals surface area contributed by atoms with Gasteiger partial charge in [0.2, 0.25) is 0 Å². The van der Waals surface area contributed by atoms with Gasteiger partial charge in [0, 0.05) is 0 Å². The van der Waals surface area contributed by atoms with E-state index in [1.165, 1.54) is 0 Å². The predicted molar refractivity (Wildman–Crippen MR) is 72.9 cm³/mol. The van der Waals surface area contributed by atoms with Crippen molar-refractivity contribution in [2.24, 2.45) is 0 Å². The van der Waals surface area contributed by atoms with E-state index < -0.39 is 5.97 Å². The zero-order chi connectivity index (χ0) is 15.4. The second-order valence-electron chi connectivity index (χ2n) is 3.89. The minimum absolute atomic E-state index is 0.133. The third kappa shape index (κ3) is 9.56. The molecule has 0 saturated carbocycles. The predicted octanol–water partition coefficient (Wildman–Crippen LogP) is 1.05. The van der Waals surface area contributed by atoms with Crippen LogP contribution in [0.15, 0.2) is 12.2 Å². The van der Waals surface area contributed by atoms with Crippen molar-refractivity contribution in [2.75, 3.05) is 19.8 Å². The summed E-state index contributed by atoms with van der Waals surface area (Å²) in [4.78, 5) is 24.3. The van der Waals surface area contributed by atoms with Gasteiger partial charge in [-0.15, -0.1) is 0 Å². The zero-order valence-corrected chi connectivity index (χ0v) is 13.4. The van der Waals surface area contributed by atoms with Crippen molar-refractivity contribution in [3.63, 3.8) is 0 Å². The van der Waals surface area contributed by atoms with E-state index in [-0.39, 0.29) is 52.2 Å². The molecule has 0 radical (unpaired) electrons. The molecule has 1 atom stereocenters. The molecule has 0 aliphatic carbocycles. The Labute approximate surface area is 125 Å². The van der Waals surface area contributed by atoms with Gasteiger partial charge in [-0.3, -0.25) is 0 Å². The van der Waals surface area contributed by atoms with Gasteiger partial charge in [0.05, 0.1) is 0 Å². The summed E-state index contributed by atoms with van der Waals surface area (Å²) < 4.78 is 15.3. The minimum atomic E-state index is -0.453. The molecule has 1 unspecified atom stereocenters. The van der Waals surface area contributed by atoms with E-state index in [9.17, 15) is 9.59 Å². The van der Waals surface area contributed by atoms with Crippen molar-refractivity contribution < 1.29 is 23.8 Å². The Morgan fingerprint density at radius 3 is 2.65 bits per heavy atom. The summed E-state index contributed by atoms with van der Waals surface area (Å²) in [5.74, 6) is -0.832. The van der Waals surface area contributed by atoms with Crippen LogP contribution >= 0.6 is 0 Å². The van der Waals surface area contributed by atoms with Crippen molar-refractivity contribution in [2.45, 2.75) is 31.7 Å². The summed E-state index contributed by atoms with van der Waals surface area (Å²) >= 11 is -0.368. The average Bonchev–Trinajstić information content (AvgIpc) is 2.42. The van der Waals surface area contributed by atoms with Gasteiger partial charge >= 0.3 is 125 Å². The Morgan fingerprint density at radius 2 is 2.10 bits per heavy atom. The molecular weight excluding hydrogens is 329 g/mol. The van der Waals surface area contributed by atoms with E-state index in [1.807, 2.05) is 11.9 Å². The van der Waals surface area contributed by atoms with Crippen molar-refractivity contribution >= 4 is 26.9 Å². The first-order valence-corrected chi connectivity index (χ1v) is 8.18. The van der Waals surface area contributed by atoms with Gasteiger partial charge in [-0.25, -0.2) is 0 Å². The molecule has 0 bridgehead atoms. The van der Waals surface area contributed by atoms with Crippen molar-refractivity contribution in [3.8, 4) is 4.97 Å². The fourth-order valence-corrected chi connectivity index (χ4v) is 1.60. The molecule has 0 aliphatic heterocycles. The third-order valence-electron chi connectivity index (χ3n) is 2.12. The van der Waals surface area contributed by atoms with Crippen molar-refractivity contribution in [3.05, 3.63) is 12.2 Å². The van der Waals surface area contributed by atoms with E-state index in [0.717, 1.165) is 0 Å². The molecule has 0 saturated heterocycles. The van der Waals surface area contributed by atoms with Gasteiger partial charge in [0.25, 0.3) is 0 Å². The van der Waals surface area contributed by atoms with Crippen LogP contribution in [0.3, 0.4) is 0 Å². The average molecular weight is 348 g/mol. The van der Waals surface area contributed by atoms with Gasteiger partial charge < -0.3 is 0 Å². The number of hydrogen-bond donors (Lipinski definition) is 0. The van der Waals surface area contributed by atoms with Crippen LogP contribution in [0.25, 0.3) is 0 Å². The molecule has 6 nitrogen and oxygen atoms in total. The Balaban J connectivity index is 3.75. The molecule has 0 spiro atoms. The summed E-state index contributed by atoms with van der Waals surface area (Å²) in [7, 11) is 0. The molecule has 0 aromatic rings. The first kappa shape index (κ1) is 18.6. The molecule has 0 heterocycles. The number of carbonyl (C=O) groups is 2. The monoisotopic (exact) mass is 349 g/mol. The third-order valence-corrected chi connectivity index (χ3v) is 3.19. The van der Waals surface area contributed by atoms with Crippen molar-refractivity contribution in [1.29, 1.82) is 5.26 Å². The SMILES string of the molecule is C=C(C)C(=O)OCCOCC(CC)OC(=O)C[Se]C#N. The number of nitrogens with zero attached hydrogens (tertiary/aromatic N) is 1. The zero-order valence-electron chi connectivity index (χ0n) is 11.7. The normalized spacial score (nSPS) is 11.2. The van der Waals surface area contributed by atoms with Crippen LogP contribution in [0, 0.1) is 10.2 Å². The number of esters is 2. The molecule has 112 valence electrons. The molecule has 7 heteroatoms. The van der Waals surface area contributed by atoms with E-state index in [0.29, 0.717) is 12.0 Å². The molecule has 0 rings (SSSR count). The van der Waals surface area contributed by atoms with E-state index in [2.05, 4.69) is 6.58 Å². The summed E-state index contributed by atoms with van der Waals surface area (Å²) in [5, 5.41) is 8.54. The van der Waals surface area contributed by atoms with E-state index >= 15 is 0 Å². The first-order valence-electron chi connectivity index (χ1n) is 6.12. The van der Waals surface area contributed by atoms with Crippen LogP contribution in [0.5, 0.6) is 0 Å². The summed E-state index contributed by atoms with van der Waals surface area (Å²) in [6.45, 7) is 7.51. The number of carbonyl (C=O) groups excluding carboxylic acids is 2. The standard InChI is InChI=1S/C13H19NO5Se/c1-4-11(19-12(15)8-20-9-14)7-17-5-6-18-13(16)10(2)3/h11H,2,4-8H2,1,3H3. The summed E-state index contributed by atoms with van der Waals surface area (Å²) in [5.41, 5.74) is 0.338. The first-order chi connectivity index (χ1) is 9.51. The molecule has 0 aromatic carbocycles. The Kier molecular flexibility index (Phi) is 10.7. The van der Waals surface area contributed by atoms with Gasteiger partial charge in [-0.05, 0) is 0 Å². The molecule has 0 amide bonds. The van der Waals surface area contributed by atoms with Gasteiger partial charge in [0.15, 0.2) is 0 Å². The molecule has 0 aliphatic rings. The maximum atomic E-state index is 11.3. The van der Waals surface area contributed by atoms with Gasteiger partial charge in [0.1, 0.15) is 0 Å². The number of rotatable bonds is 10.